The van der Waals surface area contributed by atoms with E-state index in [-0.39, 0.29) is 17.3 Å². The van der Waals surface area contributed by atoms with E-state index >= 15 is 0 Å². The van der Waals surface area contributed by atoms with E-state index in [1.807, 2.05) is 24.3 Å². The summed E-state index contributed by atoms with van der Waals surface area (Å²) in [5.74, 6) is -0.936. The average Bonchev–Trinajstić information content (AvgIpc) is 2.56. The number of rotatable bonds is 5. The maximum atomic E-state index is 12.2. The molecule has 2 heterocycles. The third-order valence-electron chi connectivity index (χ3n) is 3.88. The Morgan fingerprint density at radius 3 is 2.84 bits per heavy atom. The van der Waals surface area contributed by atoms with Crippen molar-refractivity contribution >= 4 is 27.5 Å². The molecular weight excluding hydrogens is 364 g/mol. The Hall–Kier alpha value is -1.96. The Bertz CT molecular complexity index is 868. The molecular formula is C17H17ClN2O4S. The quantitative estimate of drug-likeness (QED) is 0.805. The molecule has 1 aliphatic rings. The van der Waals surface area contributed by atoms with E-state index in [9.17, 15) is 13.2 Å². The number of hydrogen-bond donors (Lipinski definition) is 1. The lowest BCUT2D eigenvalue weighted by atomic mass is 9.96. The van der Waals surface area contributed by atoms with Crippen molar-refractivity contribution < 1.29 is 17.9 Å². The smallest absolute Gasteiger partial charge is 0.239 e. The molecule has 0 fully saturated rings. The van der Waals surface area contributed by atoms with Gasteiger partial charge in [0, 0.05) is 6.20 Å². The monoisotopic (exact) mass is 380 g/mol. The number of halogens is 1. The summed E-state index contributed by atoms with van der Waals surface area (Å²) >= 11 is 5.67. The van der Waals surface area contributed by atoms with E-state index in [0.717, 1.165) is 17.5 Å². The summed E-state index contributed by atoms with van der Waals surface area (Å²) in [4.78, 5) is 16.0. The molecule has 0 spiro atoms. The summed E-state index contributed by atoms with van der Waals surface area (Å²) in [6, 6.07) is 10.8. The molecule has 1 amide bonds. The van der Waals surface area contributed by atoms with Gasteiger partial charge >= 0.3 is 0 Å². The van der Waals surface area contributed by atoms with Crippen LogP contribution in [0.25, 0.3) is 0 Å². The zero-order chi connectivity index (χ0) is 17.9. The first-order chi connectivity index (χ1) is 11.9. The molecule has 1 aliphatic heterocycles. The van der Waals surface area contributed by atoms with Crippen LogP contribution in [0.15, 0.2) is 42.6 Å². The summed E-state index contributed by atoms with van der Waals surface area (Å²) in [5.41, 5.74) is 2.51. The summed E-state index contributed by atoms with van der Waals surface area (Å²) in [5, 5.41) is 0.276. The second-order valence-electron chi connectivity index (χ2n) is 5.79. The molecule has 1 atom stereocenters. The van der Waals surface area contributed by atoms with Gasteiger partial charge in [-0.25, -0.2) is 13.4 Å². The number of aromatic nitrogens is 1. The molecule has 1 aromatic heterocycles. The second kappa shape index (κ2) is 7.51. The van der Waals surface area contributed by atoms with Crippen molar-refractivity contribution in [3.63, 3.8) is 0 Å². The summed E-state index contributed by atoms with van der Waals surface area (Å²) in [7, 11) is -3.81. The number of nitrogens with one attached hydrogen (secondary N) is 1. The van der Waals surface area contributed by atoms with Crippen LogP contribution in [0.1, 0.15) is 29.2 Å². The van der Waals surface area contributed by atoms with Crippen LogP contribution in [0.4, 0.5) is 0 Å². The van der Waals surface area contributed by atoms with Crippen molar-refractivity contribution in [3.05, 3.63) is 64.4 Å². The van der Waals surface area contributed by atoms with E-state index in [0.29, 0.717) is 12.2 Å². The molecule has 0 saturated carbocycles. The fraction of sp³-hybridized carbons (Fsp3) is 0.294. The van der Waals surface area contributed by atoms with Crippen molar-refractivity contribution in [3.8, 4) is 0 Å². The molecule has 3 rings (SSSR count). The predicted molar refractivity (Wildman–Crippen MR) is 93.5 cm³/mol. The lowest BCUT2D eigenvalue weighted by Gasteiger charge is -2.25. The highest BCUT2D eigenvalue weighted by Gasteiger charge is 2.25. The van der Waals surface area contributed by atoms with E-state index in [4.69, 9.17) is 16.3 Å². The zero-order valence-electron chi connectivity index (χ0n) is 13.3. The Labute approximate surface area is 151 Å². The molecule has 0 bridgehead atoms. The number of pyridine rings is 1. The first-order valence-electron chi connectivity index (χ1n) is 7.76. The summed E-state index contributed by atoms with van der Waals surface area (Å²) in [6.45, 7) is 0.512. The van der Waals surface area contributed by atoms with E-state index in [1.54, 1.807) is 6.07 Å². The Balaban J connectivity index is 1.63. The topological polar surface area (TPSA) is 85.4 Å². The number of nitrogens with zero attached hydrogens (tertiary/aromatic N) is 1. The number of ether oxygens (including phenoxy) is 1. The Morgan fingerprint density at radius 1 is 1.28 bits per heavy atom. The van der Waals surface area contributed by atoms with Gasteiger partial charge in [-0.15, -0.1) is 0 Å². The first kappa shape index (κ1) is 17.8. The second-order valence-corrected chi connectivity index (χ2v) is 7.90. The van der Waals surface area contributed by atoms with Gasteiger partial charge in [0.2, 0.25) is 15.9 Å². The van der Waals surface area contributed by atoms with Gasteiger partial charge in [-0.3, -0.25) is 9.52 Å². The predicted octanol–water partition coefficient (Wildman–Crippen LogP) is 2.39. The molecule has 0 saturated heterocycles. The van der Waals surface area contributed by atoms with E-state index < -0.39 is 22.0 Å². The molecule has 2 aromatic rings. The first-order valence-corrected chi connectivity index (χ1v) is 9.79. The van der Waals surface area contributed by atoms with Crippen LogP contribution in [0.2, 0.25) is 5.15 Å². The SMILES string of the molecule is O=C(C[C@@H]1OCCc2ccccc21)NS(=O)(=O)Cc1ccc(Cl)nc1. The molecule has 0 radical (unpaired) electrons. The number of fused-ring (bicyclic) bond motifs is 1. The number of carbonyl (C=O) groups excluding carboxylic acids is 1. The average molecular weight is 381 g/mol. The maximum absolute atomic E-state index is 12.2. The van der Waals surface area contributed by atoms with Crippen LogP contribution >= 0.6 is 11.6 Å². The number of benzene rings is 1. The molecule has 132 valence electrons. The van der Waals surface area contributed by atoms with Gasteiger partial charge in [0.05, 0.1) is 24.9 Å². The summed E-state index contributed by atoms with van der Waals surface area (Å²) < 4.78 is 32.0. The van der Waals surface area contributed by atoms with Crippen LogP contribution in [0, 0.1) is 0 Å². The highest BCUT2D eigenvalue weighted by atomic mass is 35.5. The molecule has 1 N–H and O–H groups in total. The lowest BCUT2D eigenvalue weighted by molar-refractivity contribution is -0.122. The molecule has 25 heavy (non-hydrogen) atoms. The Kier molecular flexibility index (Phi) is 5.36. The third-order valence-corrected chi connectivity index (χ3v) is 5.35. The fourth-order valence-corrected chi connectivity index (χ4v) is 4.00. The molecule has 8 heteroatoms. The molecule has 1 aromatic carbocycles. The van der Waals surface area contributed by atoms with Crippen LogP contribution in [0.5, 0.6) is 0 Å². The fourth-order valence-electron chi connectivity index (χ4n) is 2.78. The van der Waals surface area contributed by atoms with Gasteiger partial charge < -0.3 is 4.74 Å². The van der Waals surface area contributed by atoms with Crippen molar-refractivity contribution in [2.45, 2.75) is 24.7 Å². The van der Waals surface area contributed by atoms with Crippen LogP contribution in [0.3, 0.4) is 0 Å². The molecule has 0 aliphatic carbocycles. The van der Waals surface area contributed by atoms with Gasteiger partial charge in [-0.1, -0.05) is 41.9 Å². The maximum Gasteiger partial charge on any atom is 0.239 e. The normalized spacial score (nSPS) is 16.9. The van der Waals surface area contributed by atoms with Gasteiger partial charge in [0.25, 0.3) is 0 Å². The van der Waals surface area contributed by atoms with Gasteiger partial charge in [0.15, 0.2) is 0 Å². The van der Waals surface area contributed by atoms with Gasteiger partial charge in [-0.05, 0) is 29.2 Å². The lowest BCUT2D eigenvalue weighted by Crippen LogP contribution is -2.33. The third kappa shape index (κ3) is 4.78. The van der Waals surface area contributed by atoms with Gasteiger partial charge in [0.1, 0.15) is 5.15 Å². The van der Waals surface area contributed by atoms with Crippen LogP contribution in [-0.4, -0.2) is 25.9 Å². The van der Waals surface area contributed by atoms with Gasteiger partial charge in [-0.2, -0.15) is 0 Å². The number of hydrogen-bond acceptors (Lipinski definition) is 5. The van der Waals surface area contributed by atoms with Crippen molar-refractivity contribution in [2.75, 3.05) is 6.61 Å². The number of carbonyl (C=O) groups is 1. The minimum Gasteiger partial charge on any atom is -0.373 e. The minimum absolute atomic E-state index is 0.0465. The van der Waals surface area contributed by atoms with Crippen LogP contribution < -0.4 is 4.72 Å². The van der Waals surface area contributed by atoms with Crippen molar-refractivity contribution in [1.29, 1.82) is 0 Å². The zero-order valence-corrected chi connectivity index (χ0v) is 14.9. The van der Waals surface area contributed by atoms with Crippen LogP contribution in [-0.2, 0) is 31.7 Å². The van der Waals surface area contributed by atoms with E-state index in [2.05, 4.69) is 9.71 Å². The Morgan fingerprint density at radius 2 is 2.08 bits per heavy atom. The van der Waals surface area contributed by atoms with E-state index in [1.165, 1.54) is 12.3 Å². The van der Waals surface area contributed by atoms with Crippen molar-refractivity contribution in [2.24, 2.45) is 0 Å². The van der Waals surface area contributed by atoms with Crippen molar-refractivity contribution in [1.82, 2.24) is 9.71 Å². The number of amides is 1. The number of sulfonamides is 1. The standard InChI is InChI=1S/C17H17ClN2O4S/c18-16-6-5-12(10-19-16)11-25(22,23)20-17(21)9-15-14-4-2-1-3-13(14)7-8-24-15/h1-6,10,15H,7-9,11H2,(H,20,21)/t15-/m0/s1. The summed E-state index contributed by atoms with van der Waals surface area (Å²) in [6.07, 6.45) is 1.68. The highest BCUT2D eigenvalue weighted by Crippen LogP contribution is 2.29. The minimum atomic E-state index is -3.81. The molecule has 6 nitrogen and oxygen atoms in total. The highest BCUT2D eigenvalue weighted by molar-refractivity contribution is 7.89. The molecule has 0 unspecified atom stereocenters. The largest absolute Gasteiger partial charge is 0.373 e.